The van der Waals surface area contributed by atoms with Gasteiger partial charge in [-0.2, -0.15) is 5.10 Å². The van der Waals surface area contributed by atoms with Crippen LogP contribution in [-0.2, 0) is 4.74 Å². The Bertz CT molecular complexity index is 232. The first kappa shape index (κ1) is 8.86. The third kappa shape index (κ3) is 2.43. The summed E-state index contributed by atoms with van der Waals surface area (Å²) < 4.78 is 6.54. The van der Waals surface area contributed by atoms with E-state index in [2.05, 4.69) is 10.1 Å². The molecule has 12 heavy (non-hydrogen) atoms. The van der Waals surface area contributed by atoms with Crippen LogP contribution in [0.5, 0.6) is 0 Å². The van der Waals surface area contributed by atoms with Gasteiger partial charge in [-0.15, -0.1) is 0 Å². The normalized spacial score (nSPS) is 10.1. The minimum atomic E-state index is 0.289. The van der Waals surface area contributed by atoms with Gasteiger partial charge in [0.05, 0.1) is 0 Å². The number of hydrogen-bond donors (Lipinski definition) is 1. The molecular formula is C7H12N4O. The molecule has 0 saturated carbocycles. The van der Waals surface area contributed by atoms with Crippen LogP contribution in [0.15, 0.2) is 12.7 Å². The van der Waals surface area contributed by atoms with E-state index in [0.717, 1.165) is 6.42 Å². The van der Waals surface area contributed by atoms with Gasteiger partial charge in [0.15, 0.2) is 0 Å². The Morgan fingerprint density at radius 2 is 2.50 bits per heavy atom. The fourth-order valence-electron chi connectivity index (χ4n) is 0.727. The molecule has 0 radical (unpaired) electrons. The van der Waals surface area contributed by atoms with Crippen LogP contribution in [0.4, 0.5) is 0 Å². The van der Waals surface area contributed by atoms with Gasteiger partial charge in [0.2, 0.25) is 0 Å². The molecule has 5 nitrogen and oxygen atoms in total. The number of rotatable bonds is 4. The van der Waals surface area contributed by atoms with Gasteiger partial charge in [0, 0.05) is 6.61 Å². The van der Waals surface area contributed by atoms with Gasteiger partial charge in [-0.25, -0.2) is 9.67 Å². The van der Waals surface area contributed by atoms with E-state index in [4.69, 9.17) is 10.1 Å². The Labute approximate surface area is 70.9 Å². The molecule has 0 atom stereocenters. The minimum absolute atomic E-state index is 0.289. The van der Waals surface area contributed by atoms with Crippen molar-refractivity contribution in [2.24, 2.45) is 0 Å². The van der Waals surface area contributed by atoms with E-state index in [9.17, 15) is 0 Å². The van der Waals surface area contributed by atoms with Crippen molar-refractivity contribution < 1.29 is 4.74 Å². The van der Waals surface area contributed by atoms with Crippen molar-refractivity contribution in [3.8, 4) is 0 Å². The summed E-state index contributed by atoms with van der Waals surface area (Å²) in [6, 6.07) is 0. The lowest BCUT2D eigenvalue weighted by molar-refractivity contribution is 0.169. The lowest BCUT2D eigenvalue weighted by Gasteiger charge is -2.02. The highest BCUT2D eigenvalue weighted by atomic mass is 16.5. The van der Waals surface area contributed by atoms with Crippen LogP contribution in [-0.4, -0.2) is 33.8 Å². The Kier molecular flexibility index (Phi) is 3.40. The summed E-state index contributed by atoms with van der Waals surface area (Å²) in [5.74, 6) is 0.306. The van der Waals surface area contributed by atoms with Crippen molar-refractivity contribution in [1.82, 2.24) is 14.8 Å². The molecule has 0 spiro atoms. The molecule has 5 heteroatoms. The first-order valence-electron chi connectivity index (χ1n) is 3.84. The first-order chi connectivity index (χ1) is 5.84. The van der Waals surface area contributed by atoms with Crippen molar-refractivity contribution in [2.45, 2.75) is 13.3 Å². The van der Waals surface area contributed by atoms with Gasteiger partial charge in [-0.1, -0.05) is 6.92 Å². The Balaban J connectivity index is 2.30. The zero-order valence-electron chi connectivity index (χ0n) is 7.03. The largest absolute Gasteiger partial charge is 0.373 e. The molecule has 0 fully saturated rings. The van der Waals surface area contributed by atoms with Crippen molar-refractivity contribution in [1.29, 1.82) is 5.41 Å². The molecule has 1 aromatic heterocycles. The predicted molar refractivity (Wildman–Crippen MR) is 44.3 cm³/mol. The van der Waals surface area contributed by atoms with Crippen LogP contribution in [0.2, 0.25) is 0 Å². The maximum absolute atomic E-state index is 7.46. The van der Waals surface area contributed by atoms with Crippen molar-refractivity contribution in [3.63, 3.8) is 0 Å². The average Bonchev–Trinajstić information content (AvgIpc) is 2.56. The fourth-order valence-corrected chi connectivity index (χ4v) is 0.727. The molecule has 0 aliphatic heterocycles. The SMILES string of the molecule is CCCOCC(=N)n1cncn1. The highest BCUT2D eigenvalue weighted by Crippen LogP contribution is 1.85. The summed E-state index contributed by atoms with van der Waals surface area (Å²) in [6.45, 7) is 2.99. The molecular weight excluding hydrogens is 156 g/mol. The summed E-state index contributed by atoms with van der Waals surface area (Å²) in [5.41, 5.74) is 0. The highest BCUT2D eigenvalue weighted by molar-refractivity contribution is 5.81. The molecule has 0 saturated heterocycles. The maximum Gasteiger partial charge on any atom is 0.149 e. The van der Waals surface area contributed by atoms with Crippen molar-refractivity contribution in [2.75, 3.05) is 13.2 Å². The molecule has 0 aliphatic rings. The molecule has 0 amide bonds. The van der Waals surface area contributed by atoms with E-state index >= 15 is 0 Å². The highest BCUT2D eigenvalue weighted by Gasteiger charge is 1.99. The number of hydrogen-bond acceptors (Lipinski definition) is 4. The van der Waals surface area contributed by atoms with Gasteiger partial charge in [-0.3, -0.25) is 5.41 Å². The Hall–Kier alpha value is -1.23. The maximum atomic E-state index is 7.46. The topological polar surface area (TPSA) is 63.8 Å². The molecule has 1 heterocycles. The molecule has 1 aromatic rings. The van der Waals surface area contributed by atoms with Gasteiger partial charge in [-0.05, 0) is 6.42 Å². The second kappa shape index (κ2) is 4.61. The monoisotopic (exact) mass is 168 g/mol. The van der Waals surface area contributed by atoms with Crippen LogP contribution < -0.4 is 0 Å². The third-order valence-corrected chi connectivity index (χ3v) is 1.28. The number of ether oxygens (including phenoxy) is 1. The molecule has 0 bridgehead atoms. The summed E-state index contributed by atoms with van der Waals surface area (Å²) in [7, 11) is 0. The van der Waals surface area contributed by atoms with Crippen molar-refractivity contribution >= 4 is 5.84 Å². The zero-order chi connectivity index (χ0) is 8.81. The fraction of sp³-hybridized carbons (Fsp3) is 0.571. The smallest absolute Gasteiger partial charge is 0.149 e. The second-order valence-corrected chi connectivity index (χ2v) is 2.34. The zero-order valence-corrected chi connectivity index (χ0v) is 7.03. The van der Waals surface area contributed by atoms with Crippen LogP contribution in [0.1, 0.15) is 13.3 Å². The van der Waals surface area contributed by atoms with Crippen LogP contribution in [0, 0.1) is 5.41 Å². The number of nitrogens with one attached hydrogen (secondary N) is 1. The summed E-state index contributed by atoms with van der Waals surface area (Å²) >= 11 is 0. The second-order valence-electron chi connectivity index (χ2n) is 2.34. The minimum Gasteiger partial charge on any atom is -0.373 e. The van der Waals surface area contributed by atoms with Crippen LogP contribution in [0.3, 0.4) is 0 Å². The third-order valence-electron chi connectivity index (χ3n) is 1.28. The number of aromatic nitrogens is 3. The molecule has 0 unspecified atom stereocenters. The van der Waals surface area contributed by atoms with E-state index < -0.39 is 0 Å². The average molecular weight is 168 g/mol. The Morgan fingerprint density at radius 3 is 3.08 bits per heavy atom. The van der Waals surface area contributed by atoms with Gasteiger partial charge in [0.25, 0.3) is 0 Å². The lowest BCUT2D eigenvalue weighted by Crippen LogP contribution is -2.18. The van der Waals surface area contributed by atoms with Crippen LogP contribution in [0.25, 0.3) is 0 Å². The molecule has 1 N–H and O–H groups in total. The molecule has 0 aliphatic carbocycles. The predicted octanol–water partition coefficient (Wildman–Crippen LogP) is 0.530. The lowest BCUT2D eigenvalue weighted by atomic mass is 10.5. The van der Waals surface area contributed by atoms with E-state index in [1.54, 1.807) is 0 Å². The van der Waals surface area contributed by atoms with Crippen LogP contribution >= 0.6 is 0 Å². The standard InChI is InChI=1S/C7H12N4O/c1-2-3-12-4-7(8)11-6-9-5-10-11/h5-6,8H,2-4H2,1H3. The quantitative estimate of drug-likeness (QED) is 0.405. The van der Waals surface area contributed by atoms with Crippen molar-refractivity contribution in [3.05, 3.63) is 12.7 Å². The van der Waals surface area contributed by atoms with E-state index in [-0.39, 0.29) is 6.61 Å². The van der Waals surface area contributed by atoms with E-state index in [1.807, 2.05) is 6.92 Å². The number of nitrogens with zero attached hydrogens (tertiary/aromatic N) is 3. The van der Waals surface area contributed by atoms with E-state index in [0.29, 0.717) is 12.4 Å². The molecule has 1 rings (SSSR count). The van der Waals surface area contributed by atoms with Gasteiger partial charge in [0.1, 0.15) is 25.1 Å². The van der Waals surface area contributed by atoms with Gasteiger partial charge < -0.3 is 4.74 Å². The molecule has 66 valence electrons. The van der Waals surface area contributed by atoms with E-state index in [1.165, 1.54) is 17.3 Å². The summed E-state index contributed by atoms with van der Waals surface area (Å²) in [4.78, 5) is 3.73. The summed E-state index contributed by atoms with van der Waals surface area (Å²) in [5, 5.41) is 11.3. The first-order valence-corrected chi connectivity index (χ1v) is 3.84. The summed E-state index contributed by atoms with van der Waals surface area (Å²) in [6.07, 6.45) is 3.84. The molecule has 0 aromatic carbocycles. The Morgan fingerprint density at radius 1 is 1.67 bits per heavy atom. The van der Waals surface area contributed by atoms with Gasteiger partial charge >= 0.3 is 0 Å².